The van der Waals surface area contributed by atoms with Crippen molar-refractivity contribution in [3.05, 3.63) is 39.6 Å². The lowest BCUT2D eigenvalue weighted by molar-refractivity contribution is 0.361. The summed E-state index contributed by atoms with van der Waals surface area (Å²) in [5.41, 5.74) is -1.23. The third kappa shape index (κ3) is 5.14. The first kappa shape index (κ1) is 23.3. The average Bonchev–Trinajstić information content (AvgIpc) is 2.44. The highest BCUT2D eigenvalue weighted by atomic mass is 79.9. The Morgan fingerprint density at radius 1 is 1.35 bits per heavy atom. The van der Waals surface area contributed by atoms with Gasteiger partial charge < -0.3 is 14.7 Å². The molecule has 0 saturated heterocycles. The van der Waals surface area contributed by atoms with Crippen LogP contribution in [0.4, 0.5) is 0 Å². The summed E-state index contributed by atoms with van der Waals surface area (Å²) in [6.07, 6.45) is 0. The molecule has 1 heterocycles. The Morgan fingerprint density at radius 2 is 1.96 bits per heavy atom. The van der Waals surface area contributed by atoms with Gasteiger partial charge in [0.1, 0.15) is 4.90 Å². The zero-order chi connectivity index (χ0) is 19.0. The number of likely N-dealkylation sites (N-methyl/N-ethyl adjacent to an activating group) is 1. The largest absolute Gasteiger partial charge is 0.437 e. The molecule has 2 aromatic rings. The van der Waals surface area contributed by atoms with Crippen LogP contribution in [0.2, 0.25) is 5.02 Å². The third-order valence-electron chi connectivity index (χ3n) is 3.25. The average molecular weight is 490 g/mol. The standard InChI is InChI=1S/C13H16ClN3O6PS.BrH/c1-16(2)6-5-15-25(22,23)12-7-9-3-4-13(18)17(24(19,20)21)11(9)8-10(12)14;/h3,7-8,15H,5-6H2,1-2H3,(H2,19,20,21);1H. The zero-order valence-corrected chi connectivity index (χ0v) is 17.9. The van der Waals surface area contributed by atoms with Gasteiger partial charge in [0.2, 0.25) is 10.0 Å². The van der Waals surface area contributed by atoms with Gasteiger partial charge in [-0.25, -0.2) is 22.0 Å². The van der Waals surface area contributed by atoms with E-state index in [1.165, 1.54) is 0 Å². The third-order valence-corrected chi connectivity index (χ3v) is 6.10. The van der Waals surface area contributed by atoms with Gasteiger partial charge in [-0.05, 0) is 32.3 Å². The fourth-order valence-electron chi connectivity index (χ4n) is 2.11. The van der Waals surface area contributed by atoms with Crippen LogP contribution < -0.4 is 10.3 Å². The number of rotatable bonds is 6. The van der Waals surface area contributed by atoms with E-state index in [-0.39, 0.29) is 48.7 Å². The van der Waals surface area contributed by atoms with Crippen molar-refractivity contribution in [2.75, 3.05) is 27.2 Å². The highest BCUT2D eigenvalue weighted by molar-refractivity contribution is 8.93. The lowest BCUT2D eigenvalue weighted by Gasteiger charge is -2.14. The van der Waals surface area contributed by atoms with E-state index in [2.05, 4.69) is 10.8 Å². The second-order valence-electron chi connectivity index (χ2n) is 5.46. The first-order chi connectivity index (χ1) is 11.4. The van der Waals surface area contributed by atoms with Crippen LogP contribution in [-0.4, -0.2) is 54.6 Å². The highest BCUT2D eigenvalue weighted by Crippen LogP contribution is 2.39. The topological polar surface area (TPSA) is 129 Å². The molecule has 26 heavy (non-hydrogen) atoms. The minimum Gasteiger partial charge on any atom is -0.308 e. The van der Waals surface area contributed by atoms with Crippen molar-refractivity contribution in [1.29, 1.82) is 0 Å². The molecule has 0 aliphatic carbocycles. The Kier molecular flexibility index (Phi) is 7.59. The van der Waals surface area contributed by atoms with Gasteiger partial charge in [0.25, 0.3) is 5.56 Å². The Labute approximate surface area is 165 Å². The summed E-state index contributed by atoms with van der Waals surface area (Å²) in [5.74, 6) is 0. The maximum Gasteiger partial charge on any atom is 0.437 e. The van der Waals surface area contributed by atoms with E-state index in [0.29, 0.717) is 6.54 Å². The van der Waals surface area contributed by atoms with Crippen molar-refractivity contribution < 1.29 is 22.8 Å². The zero-order valence-electron chi connectivity index (χ0n) is 13.7. The normalized spacial score (nSPS) is 12.4. The van der Waals surface area contributed by atoms with Gasteiger partial charge in [0.15, 0.2) is 0 Å². The molecule has 1 radical (unpaired) electrons. The molecule has 13 heteroatoms. The number of nitrogens with one attached hydrogen (secondary N) is 1. The number of pyridine rings is 1. The van der Waals surface area contributed by atoms with Crippen LogP contribution in [-0.2, 0) is 14.6 Å². The Balaban J connectivity index is 0.00000338. The summed E-state index contributed by atoms with van der Waals surface area (Å²) >= 11 is 6.00. The Bertz CT molecular complexity index is 1020. The van der Waals surface area contributed by atoms with Gasteiger partial charge in [-0.1, -0.05) is 11.6 Å². The van der Waals surface area contributed by atoms with Gasteiger partial charge in [-0.15, -0.1) is 17.0 Å². The van der Waals surface area contributed by atoms with Crippen molar-refractivity contribution in [2.24, 2.45) is 0 Å². The molecule has 3 N–H and O–H groups in total. The maximum atomic E-state index is 12.4. The molecule has 0 aliphatic rings. The molecule has 0 saturated carbocycles. The summed E-state index contributed by atoms with van der Waals surface area (Å²) in [5, 5.41) is -0.169. The molecule has 1 aromatic carbocycles. The second kappa shape index (κ2) is 8.49. The quantitative estimate of drug-likeness (QED) is 0.512. The molecule has 0 atom stereocenters. The molecule has 0 aliphatic heterocycles. The summed E-state index contributed by atoms with van der Waals surface area (Å²) < 4.78 is 38.9. The van der Waals surface area contributed by atoms with E-state index >= 15 is 0 Å². The van der Waals surface area contributed by atoms with E-state index in [0.717, 1.165) is 18.2 Å². The van der Waals surface area contributed by atoms with Crippen molar-refractivity contribution in [3.63, 3.8) is 0 Å². The number of benzene rings is 1. The molecule has 0 bridgehead atoms. The van der Waals surface area contributed by atoms with E-state index < -0.39 is 23.3 Å². The molecular formula is C13H17BrClN3O6PS. The SMILES string of the molecule is Br.CN(C)CCNS(=O)(=O)c1cc2c[c]c(=O)n(P(=O)(O)O)c2cc1Cl. The van der Waals surface area contributed by atoms with E-state index in [1.807, 2.05) is 0 Å². The number of halogens is 2. The van der Waals surface area contributed by atoms with E-state index in [1.54, 1.807) is 19.0 Å². The van der Waals surface area contributed by atoms with Crippen LogP contribution in [0.15, 0.2) is 27.9 Å². The minimum absolute atomic E-state index is 0. The van der Waals surface area contributed by atoms with Crippen molar-refractivity contribution in [2.45, 2.75) is 4.90 Å². The smallest absolute Gasteiger partial charge is 0.308 e. The molecule has 2 rings (SSSR count). The summed E-state index contributed by atoms with van der Waals surface area (Å²) in [4.78, 5) is 31.9. The van der Waals surface area contributed by atoms with Gasteiger partial charge in [-0.3, -0.25) is 4.79 Å². The molecule has 0 fully saturated rings. The van der Waals surface area contributed by atoms with Crippen molar-refractivity contribution in [3.8, 4) is 0 Å². The van der Waals surface area contributed by atoms with Crippen molar-refractivity contribution in [1.82, 2.24) is 14.0 Å². The van der Waals surface area contributed by atoms with E-state index in [9.17, 15) is 27.6 Å². The lowest BCUT2D eigenvalue weighted by atomic mass is 10.2. The highest BCUT2D eigenvalue weighted by Gasteiger charge is 2.24. The second-order valence-corrected chi connectivity index (χ2v) is 9.03. The molecule has 1 aromatic heterocycles. The number of sulfonamides is 1. The predicted octanol–water partition coefficient (Wildman–Crippen LogP) is 0.814. The van der Waals surface area contributed by atoms with Crippen LogP contribution in [0.5, 0.6) is 0 Å². The van der Waals surface area contributed by atoms with Gasteiger partial charge in [0.05, 0.1) is 16.6 Å². The molecular weight excluding hydrogens is 473 g/mol. The molecule has 0 spiro atoms. The maximum absolute atomic E-state index is 12.4. The lowest BCUT2D eigenvalue weighted by Crippen LogP contribution is -2.31. The van der Waals surface area contributed by atoms with Crippen LogP contribution >= 0.6 is 36.3 Å². The Hall–Kier alpha value is -0.780. The van der Waals surface area contributed by atoms with Crippen LogP contribution in [0, 0.1) is 6.07 Å². The van der Waals surface area contributed by atoms with Gasteiger partial charge in [0, 0.05) is 18.5 Å². The van der Waals surface area contributed by atoms with E-state index in [4.69, 9.17) is 11.6 Å². The predicted molar refractivity (Wildman–Crippen MR) is 104 cm³/mol. The fourth-order valence-corrected chi connectivity index (χ4v) is 4.44. The van der Waals surface area contributed by atoms with Crippen LogP contribution in [0.25, 0.3) is 10.9 Å². The van der Waals surface area contributed by atoms with Crippen LogP contribution in [0.3, 0.4) is 0 Å². The van der Waals surface area contributed by atoms with Crippen molar-refractivity contribution >= 4 is 57.3 Å². The summed E-state index contributed by atoms with van der Waals surface area (Å²) in [7, 11) is -5.33. The van der Waals surface area contributed by atoms with Crippen LogP contribution in [0.1, 0.15) is 0 Å². The molecule has 145 valence electrons. The number of hydrogen-bond acceptors (Lipinski definition) is 5. The first-order valence-corrected chi connectivity index (χ1v) is 10.3. The van der Waals surface area contributed by atoms with Gasteiger partial charge in [-0.2, -0.15) is 0 Å². The fraction of sp³-hybridized carbons (Fsp3) is 0.308. The Morgan fingerprint density at radius 3 is 2.50 bits per heavy atom. The number of nitrogens with zero attached hydrogens (tertiary/aromatic N) is 2. The number of hydrogen-bond donors (Lipinski definition) is 3. The van der Waals surface area contributed by atoms with Gasteiger partial charge >= 0.3 is 7.75 Å². The first-order valence-electron chi connectivity index (χ1n) is 6.91. The number of fused-ring (bicyclic) bond motifs is 1. The molecule has 9 nitrogen and oxygen atoms in total. The summed E-state index contributed by atoms with van der Waals surface area (Å²) in [6.45, 7) is 0.619. The summed E-state index contributed by atoms with van der Waals surface area (Å²) in [6, 6.07) is 5.48. The monoisotopic (exact) mass is 488 g/mol. The molecule has 0 amide bonds. The minimum atomic E-state index is -4.96. The molecule has 0 unspecified atom stereocenters. The number of aromatic nitrogens is 1.